The maximum atomic E-state index is 10.8. The van der Waals surface area contributed by atoms with Crippen LogP contribution in [0, 0.1) is 18.2 Å². The predicted molar refractivity (Wildman–Crippen MR) is 160 cm³/mol. The van der Waals surface area contributed by atoms with Gasteiger partial charge in [-0.25, -0.2) is 0 Å². The Kier molecular flexibility index (Phi) is 8.16. The standard InChI is InChI=1S/C29H24N2O2S4/c1-20-10-11-24-22(18-20)30(16-17-35-19-28(32)33)26(36-24)8-6-4-3-5-7-9-27-31-15-14-21-23(34-2)12-13-25(37-27)29(21)31/h3-13,18H,14-15,19H2,1-2H3/p+1. The van der Waals surface area contributed by atoms with Crippen molar-refractivity contribution in [1.29, 1.82) is 0 Å². The lowest BCUT2D eigenvalue weighted by atomic mass is 10.2. The van der Waals surface area contributed by atoms with Crippen LogP contribution in [-0.4, -0.2) is 23.1 Å². The van der Waals surface area contributed by atoms with Crippen molar-refractivity contribution in [3.05, 3.63) is 88.0 Å². The Morgan fingerprint density at radius 2 is 2.03 bits per heavy atom. The lowest BCUT2D eigenvalue weighted by Gasteiger charge is -2.11. The number of fused-ring (bicyclic) bond motifs is 1. The fourth-order valence-corrected chi connectivity index (χ4v) is 7.42. The van der Waals surface area contributed by atoms with Gasteiger partial charge in [-0.1, -0.05) is 71.3 Å². The van der Waals surface area contributed by atoms with Crippen LogP contribution >= 0.6 is 46.6 Å². The lowest BCUT2D eigenvalue weighted by molar-refractivity contribution is -0.661. The zero-order valence-corrected chi connectivity index (χ0v) is 23.7. The molecule has 2 aromatic carbocycles. The normalized spacial score (nSPS) is 15.5. The minimum absolute atomic E-state index is 0.0343. The van der Waals surface area contributed by atoms with E-state index in [9.17, 15) is 4.79 Å². The Bertz CT molecular complexity index is 1550. The molecule has 8 heteroatoms. The molecule has 0 radical (unpaired) electrons. The number of allylic oxidation sites excluding steroid dienone is 6. The zero-order valence-electron chi connectivity index (χ0n) is 20.4. The Hall–Kier alpha value is -2.83. The maximum Gasteiger partial charge on any atom is 0.314 e. The largest absolute Gasteiger partial charge is 0.481 e. The monoisotopic (exact) mass is 561 g/mol. The third-order valence-corrected chi connectivity index (χ3v) is 9.55. The van der Waals surface area contributed by atoms with Crippen molar-refractivity contribution in [1.82, 2.24) is 0 Å². The van der Waals surface area contributed by atoms with E-state index in [-0.39, 0.29) is 5.75 Å². The number of thioether (sulfide) groups is 3. The van der Waals surface area contributed by atoms with Crippen molar-refractivity contribution in [2.45, 2.75) is 29.7 Å². The summed E-state index contributed by atoms with van der Waals surface area (Å²) in [5, 5.41) is 14.1. The summed E-state index contributed by atoms with van der Waals surface area (Å²) in [6.45, 7) is 3.11. The number of benzene rings is 2. The fraction of sp³-hybridized carbons (Fsp3) is 0.172. The van der Waals surface area contributed by atoms with Gasteiger partial charge in [0.05, 0.1) is 10.7 Å². The van der Waals surface area contributed by atoms with Crippen LogP contribution in [0.5, 0.6) is 0 Å². The Morgan fingerprint density at radius 3 is 2.86 bits per heavy atom. The Morgan fingerprint density at radius 1 is 1.19 bits per heavy atom. The minimum atomic E-state index is -0.866. The van der Waals surface area contributed by atoms with Gasteiger partial charge in [-0.2, -0.15) is 4.57 Å². The number of aliphatic carboxylic acids is 1. The first kappa shape index (κ1) is 25.8. The second kappa shape index (κ2) is 11.7. The first-order chi connectivity index (χ1) is 18.0. The highest BCUT2D eigenvalue weighted by atomic mass is 32.2. The van der Waals surface area contributed by atoms with Crippen molar-refractivity contribution >= 4 is 74.6 Å². The quantitative estimate of drug-likeness (QED) is 0.144. The highest BCUT2D eigenvalue weighted by Crippen LogP contribution is 2.46. The van der Waals surface area contributed by atoms with E-state index in [1.807, 2.05) is 52.3 Å². The van der Waals surface area contributed by atoms with Gasteiger partial charge >= 0.3 is 5.97 Å². The molecular weight excluding hydrogens is 537 g/mol. The number of thiazole rings is 1. The number of hydrogen-bond acceptors (Lipinski definition) is 6. The van der Waals surface area contributed by atoms with Crippen LogP contribution < -0.4 is 9.47 Å². The first-order valence-electron chi connectivity index (χ1n) is 11.7. The molecule has 0 fully saturated rings. The highest BCUT2D eigenvalue weighted by molar-refractivity contribution is 8.04. The number of anilines is 1. The fourth-order valence-electron chi connectivity index (χ4n) is 4.29. The molecule has 1 aromatic heterocycles. The SMILES string of the molecule is CSc1ccc2sc(C=CC=CC=CC=C3Sc4ccc(C)cc4N3C#CSCC(=O)O)[n+]3c2c1CC3. The van der Waals surface area contributed by atoms with E-state index in [0.29, 0.717) is 0 Å². The summed E-state index contributed by atoms with van der Waals surface area (Å²) in [4.78, 5) is 15.3. The third kappa shape index (κ3) is 5.70. The molecule has 0 spiro atoms. The maximum absolute atomic E-state index is 10.8. The molecule has 2 aliphatic rings. The van der Waals surface area contributed by atoms with Crippen molar-refractivity contribution in [2.24, 2.45) is 0 Å². The molecule has 5 rings (SSSR count). The molecular formula is C29H25N2O2S4+. The average Bonchev–Trinajstić information content (AvgIpc) is 3.57. The van der Waals surface area contributed by atoms with E-state index >= 15 is 0 Å². The molecule has 0 saturated heterocycles. The molecule has 3 heterocycles. The van der Waals surface area contributed by atoms with Gasteiger partial charge in [-0.05, 0) is 54.3 Å². The smallest absolute Gasteiger partial charge is 0.314 e. The molecule has 0 aliphatic carbocycles. The van der Waals surface area contributed by atoms with E-state index in [1.165, 1.54) is 25.7 Å². The molecule has 2 aliphatic heterocycles. The zero-order chi connectivity index (χ0) is 25.8. The number of hydrogen-bond donors (Lipinski definition) is 1. The molecule has 186 valence electrons. The van der Waals surface area contributed by atoms with E-state index in [0.717, 1.165) is 45.9 Å². The molecule has 0 saturated carbocycles. The van der Waals surface area contributed by atoms with Crippen LogP contribution in [0.4, 0.5) is 5.69 Å². The van der Waals surface area contributed by atoms with Crippen LogP contribution in [0.2, 0.25) is 0 Å². The molecule has 3 aromatic rings. The number of carboxylic acid groups (broad SMARTS) is 1. The summed E-state index contributed by atoms with van der Waals surface area (Å²) in [6, 6.07) is 13.9. The summed E-state index contributed by atoms with van der Waals surface area (Å²) in [6.07, 6.45) is 17.7. The molecule has 1 N–H and O–H groups in total. The van der Waals surface area contributed by atoms with Crippen LogP contribution in [0.25, 0.3) is 16.3 Å². The summed E-state index contributed by atoms with van der Waals surface area (Å²) in [5.41, 5.74) is 5.10. The van der Waals surface area contributed by atoms with Gasteiger partial charge < -0.3 is 5.11 Å². The second-order valence-electron chi connectivity index (χ2n) is 8.37. The molecule has 0 unspecified atom stereocenters. The molecule has 4 nitrogen and oxygen atoms in total. The van der Waals surface area contributed by atoms with Crippen LogP contribution in [0.3, 0.4) is 0 Å². The summed E-state index contributed by atoms with van der Waals surface area (Å²) in [5.74, 6) is -0.900. The van der Waals surface area contributed by atoms with Crippen LogP contribution in [0.1, 0.15) is 16.1 Å². The van der Waals surface area contributed by atoms with Crippen LogP contribution in [0.15, 0.2) is 81.6 Å². The van der Waals surface area contributed by atoms with E-state index < -0.39 is 5.97 Å². The Balaban J connectivity index is 1.27. The number of rotatable bonds is 7. The van der Waals surface area contributed by atoms with Crippen molar-refractivity contribution < 1.29 is 14.5 Å². The summed E-state index contributed by atoms with van der Waals surface area (Å²) < 4.78 is 3.81. The van der Waals surface area contributed by atoms with Gasteiger partial charge in [0.1, 0.15) is 10.5 Å². The second-order valence-corrected chi connectivity index (χ2v) is 12.1. The number of aryl methyl sites for hydroxylation is 3. The lowest BCUT2D eigenvalue weighted by Crippen LogP contribution is -2.31. The average molecular weight is 562 g/mol. The number of aromatic nitrogens is 1. The van der Waals surface area contributed by atoms with Gasteiger partial charge in [0, 0.05) is 33.9 Å². The molecule has 0 amide bonds. The number of carboxylic acids is 1. The molecule has 37 heavy (non-hydrogen) atoms. The Labute approximate surface area is 233 Å². The number of carbonyl (C=O) groups is 1. The van der Waals surface area contributed by atoms with Crippen LogP contribution in [-0.2, 0) is 17.8 Å². The first-order valence-corrected chi connectivity index (χ1v) is 15.6. The number of nitrogens with zero attached hydrogens (tertiary/aromatic N) is 2. The highest BCUT2D eigenvalue weighted by Gasteiger charge is 2.29. The molecule has 0 atom stereocenters. The van der Waals surface area contributed by atoms with Gasteiger partial charge in [0.25, 0.3) is 5.01 Å². The van der Waals surface area contributed by atoms with Crippen molar-refractivity contribution in [3.8, 4) is 11.3 Å². The van der Waals surface area contributed by atoms with Gasteiger partial charge in [-0.15, -0.1) is 11.8 Å². The van der Waals surface area contributed by atoms with Crippen molar-refractivity contribution in [2.75, 3.05) is 16.9 Å². The summed E-state index contributed by atoms with van der Waals surface area (Å²) >= 11 is 6.44. The third-order valence-electron chi connectivity index (χ3n) is 5.90. The van der Waals surface area contributed by atoms with Gasteiger partial charge in [0.2, 0.25) is 5.52 Å². The topological polar surface area (TPSA) is 44.4 Å². The van der Waals surface area contributed by atoms with Crippen molar-refractivity contribution in [3.63, 3.8) is 0 Å². The van der Waals surface area contributed by atoms with E-state index in [4.69, 9.17) is 5.11 Å². The van der Waals surface area contributed by atoms with Gasteiger partial charge in [-0.3, -0.25) is 9.69 Å². The molecule has 0 bridgehead atoms. The predicted octanol–water partition coefficient (Wildman–Crippen LogP) is 7.09. The summed E-state index contributed by atoms with van der Waals surface area (Å²) in [7, 11) is 0. The van der Waals surface area contributed by atoms with E-state index in [1.54, 1.807) is 11.8 Å². The van der Waals surface area contributed by atoms with E-state index in [2.05, 4.69) is 77.6 Å². The van der Waals surface area contributed by atoms with Gasteiger partial charge in [0.15, 0.2) is 6.54 Å². The minimum Gasteiger partial charge on any atom is -0.481 e.